The molecule has 25 heavy (non-hydrogen) atoms. The lowest BCUT2D eigenvalue weighted by molar-refractivity contribution is -0.137. The summed E-state index contributed by atoms with van der Waals surface area (Å²) in [6.45, 7) is 8.79. The Kier molecular flexibility index (Phi) is 7.29. The van der Waals surface area contributed by atoms with Crippen molar-refractivity contribution in [3.63, 3.8) is 0 Å². The first-order valence-corrected chi connectivity index (χ1v) is 9.31. The summed E-state index contributed by atoms with van der Waals surface area (Å²) in [5.74, 6) is 1.03. The van der Waals surface area contributed by atoms with Gasteiger partial charge < -0.3 is 14.5 Å². The van der Waals surface area contributed by atoms with Gasteiger partial charge in [0.1, 0.15) is 5.75 Å². The molecule has 0 atom stereocenters. The van der Waals surface area contributed by atoms with Crippen LogP contribution in [0.25, 0.3) is 0 Å². The molecule has 0 N–H and O–H groups in total. The molecule has 0 bridgehead atoms. The summed E-state index contributed by atoms with van der Waals surface area (Å²) in [5.41, 5.74) is 1.16. The fraction of sp³-hybridized carbons (Fsp3) is 0.600. The summed E-state index contributed by atoms with van der Waals surface area (Å²) in [7, 11) is 0. The largest absolute Gasteiger partial charge is 0.484 e. The highest BCUT2D eigenvalue weighted by molar-refractivity contribution is 5.80. The molecule has 1 fully saturated rings. The van der Waals surface area contributed by atoms with Crippen LogP contribution >= 0.6 is 0 Å². The Labute approximate surface area is 150 Å². The Hall–Kier alpha value is -2.04. The minimum atomic E-state index is -0.0163. The zero-order chi connectivity index (χ0) is 18.2. The number of hydrogen-bond donors (Lipinski definition) is 0. The maximum atomic E-state index is 12.5. The van der Waals surface area contributed by atoms with Crippen LogP contribution in [0, 0.1) is 12.8 Å². The van der Waals surface area contributed by atoms with Crippen molar-refractivity contribution in [2.75, 3.05) is 32.8 Å². The first kappa shape index (κ1) is 19.3. The molecule has 2 rings (SSSR count). The van der Waals surface area contributed by atoms with Crippen molar-refractivity contribution in [1.29, 1.82) is 0 Å². The summed E-state index contributed by atoms with van der Waals surface area (Å²) in [6.07, 6.45) is 2.57. The SMILES string of the molecule is CCC(CC)C(=O)N1CCCN(C(=O)COc2ccc(C)cc2)CC1. The van der Waals surface area contributed by atoms with Gasteiger partial charge in [-0.2, -0.15) is 0 Å². The van der Waals surface area contributed by atoms with E-state index < -0.39 is 0 Å². The van der Waals surface area contributed by atoms with Crippen LogP contribution in [-0.2, 0) is 9.59 Å². The van der Waals surface area contributed by atoms with E-state index >= 15 is 0 Å². The van der Waals surface area contributed by atoms with E-state index in [9.17, 15) is 9.59 Å². The molecule has 0 unspecified atom stereocenters. The van der Waals surface area contributed by atoms with Crippen LogP contribution in [0.4, 0.5) is 0 Å². The summed E-state index contributed by atoms with van der Waals surface area (Å²) in [6, 6.07) is 7.68. The number of aryl methyl sites for hydroxylation is 1. The van der Waals surface area contributed by atoms with Crippen LogP contribution in [0.1, 0.15) is 38.7 Å². The molecule has 1 aromatic rings. The van der Waals surface area contributed by atoms with E-state index in [-0.39, 0.29) is 24.3 Å². The molecule has 0 spiro atoms. The van der Waals surface area contributed by atoms with E-state index in [1.165, 1.54) is 0 Å². The minimum Gasteiger partial charge on any atom is -0.484 e. The van der Waals surface area contributed by atoms with Crippen molar-refractivity contribution < 1.29 is 14.3 Å². The fourth-order valence-corrected chi connectivity index (χ4v) is 3.15. The van der Waals surface area contributed by atoms with Crippen LogP contribution in [-0.4, -0.2) is 54.4 Å². The molecule has 0 aromatic heterocycles. The smallest absolute Gasteiger partial charge is 0.260 e. The Bertz CT molecular complexity index is 567. The molecule has 138 valence electrons. The third-order valence-electron chi connectivity index (χ3n) is 4.88. The molecule has 0 aliphatic carbocycles. The maximum absolute atomic E-state index is 12.5. The quantitative estimate of drug-likeness (QED) is 0.796. The van der Waals surface area contributed by atoms with Gasteiger partial charge in [-0.1, -0.05) is 31.5 Å². The molecule has 5 heteroatoms. The Balaban J connectivity index is 1.84. The van der Waals surface area contributed by atoms with Gasteiger partial charge in [0, 0.05) is 32.1 Å². The molecular weight excluding hydrogens is 316 g/mol. The highest BCUT2D eigenvalue weighted by Gasteiger charge is 2.25. The maximum Gasteiger partial charge on any atom is 0.260 e. The van der Waals surface area contributed by atoms with Crippen molar-refractivity contribution in [3.05, 3.63) is 29.8 Å². The predicted octanol–water partition coefficient (Wildman–Crippen LogP) is 2.87. The zero-order valence-electron chi connectivity index (χ0n) is 15.7. The molecule has 1 aromatic carbocycles. The zero-order valence-corrected chi connectivity index (χ0v) is 15.7. The molecule has 5 nitrogen and oxygen atoms in total. The number of rotatable bonds is 6. The highest BCUT2D eigenvalue weighted by Crippen LogP contribution is 2.15. The summed E-state index contributed by atoms with van der Waals surface area (Å²) < 4.78 is 5.59. The highest BCUT2D eigenvalue weighted by atomic mass is 16.5. The molecule has 1 aliphatic heterocycles. The van der Waals surface area contributed by atoms with Gasteiger partial charge in [-0.15, -0.1) is 0 Å². The predicted molar refractivity (Wildman–Crippen MR) is 98.5 cm³/mol. The molecule has 2 amide bonds. The van der Waals surface area contributed by atoms with Crippen LogP contribution < -0.4 is 4.74 Å². The van der Waals surface area contributed by atoms with Gasteiger partial charge in [-0.3, -0.25) is 9.59 Å². The summed E-state index contributed by atoms with van der Waals surface area (Å²) >= 11 is 0. The number of benzene rings is 1. The van der Waals surface area contributed by atoms with Crippen LogP contribution in [0.2, 0.25) is 0 Å². The number of carbonyl (C=O) groups is 2. The molecule has 1 heterocycles. The normalized spacial score (nSPS) is 15.2. The van der Waals surface area contributed by atoms with Crippen molar-refractivity contribution >= 4 is 11.8 Å². The molecule has 0 radical (unpaired) electrons. The van der Waals surface area contributed by atoms with Crippen LogP contribution in [0.5, 0.6) is 5.75 Å². The van der Waals surface area contributed by atoms with Crippen LogP contribution in [0.15, 0.2) is 24.3 Å². The second kappa shape index (κ2) is 9.44. The molecular formula is C20H30N2O3. The Morgan fingerprint density at radius 2 is 1.60 bits per heavy atom. The van der Waals surface area contributed by atoms with E-state index in [1.54, 1.807) is 0 Å². The van der Waals surface area contributed by atoms with Crippen molar-refractivity contribution in [1.82, 2.24) is 9.80 Å². The lowest BCUT2D eigenvalue weighted by Crippen LogP contribution is -2.40. The Morgan fingerprint density at radius 1 is 1.00 bits per heavy atom. The van der Waals surface area contributed by atoms with E-state index in [2.05, 4.69) is 13.8 Å². The van der Waals surface area contributed by atoms with E-state index in [1.807, 2.05) is 41.0 Å². The first-order valence-electron chi connectivity index (χ1n) is 9.31. The van der Waals surface area contributed by atoms with Crippen LogP contribution in [0.3, 0.4) is 0 Å². The summed E-state index contributed by atoms with van der Waals surface area (Å²) in [5, 5.41) is 0. The fourth-order valence-electron chi connectivity index (χ4n) is 3.15. The second-order valence-electron chi connectivity index (χ2n) is 6.67. The lowest BCUT2D eigenvalue weighted by Gasteiger charge is -2.25. The number of nitrogens with zero attached hydrogens (tertiary/aromatic N) is 2. The minimum absolute atomic E-state index is 0.0163. The molecule has 0 saturated carbocycles. The van der Waals surface area contributed by atoms with Gasteiger partial charge in [0.25, 0.3) is 5.91 Å². The van der Waals surface area contributed by atoms with Gasteiger partial charge >= 0.3 is 0 Å². The number of ether oxygens (including phenoxy) is 1. The van der Waals surface area contributed by atoms with Crippen molar-refractivity contribution in [3.8, 4) is 5.75 Å². The van der Waals surface area contributed by atoms with Crippen molar-refractivity contribution in [2.24, 2.45) is 5.92 Å². The monoisotopic (exact) mass is 346 g/mol. The number of amides is 2. The van der Waals surface area contributed by atoms with E-state index in [0.29, 0.717) is 25.4 Å². The van der Waals surface area contributed by atoms with Crippen molar-refractivity contribution in [2.45, 2.75) is 40.0 Å². The Morgan fingerprint density at radius 3 is 2.24 bits per heavy atom. The van der Waals surface area contributed by atoms with Gasteiger partial charge in [-0.25, -0.2) is 0 Å². The van der Waals surface area contributed by atoms with Gasteiger partial charge in [0.2, 0.25) is 5.91 Å². The van der Waals surface area contributed by atoms with E-state index in [4.69, 9.17) is 4.74 Å². The average molecular weight is 346 g/mol. The number of hydrogen-bond acceptors (Lipinski definition) is 3. The van der Waals surface area contributed by atoms with Gasteiger partial charge in [0.05, 0.1) is 0 Å². The first-order chi connectivity index (χ1) is 12.0. The summed E-state index contributed by atoms with van der Waals surface area (Å²) in [4.78, 5) is 28.7. The molecule has 1 aliphatic rings. The van der Waals surface area contributed by atoms with Gasteiger partial charge in [-0.05, 0) is 38.3 Å². The van der Waals surface area contributed by atoms with Gasteiger partial charge in [0.15, 0.2) is 6.61 Å². The third-order valence-corrected chi connectivity index (χ3v) is 4.88. The topological polar surface area (TPSA) is 49.9 Å². The average Bonchev–Trinajstić information content (AvgIpc) is 2.88. The third kappa shape index (κ3) is 5.48. The lowest BCUT2D eigenvalue weighted by atomic mass is 10.0. The number of carbonyl (C=O) groups excluding carboxylic acids is 2. The second-order valence-corrected chi connectivity index (χ2v) is 6.67. The standard InChI is InChI=1S/C20H30N2O3/c1-4-17(5-2)20(24)22-12-6-11-21(13-14-22)19(23)15-25-18-9-7-16(3)8-10-18/h7-10,17H,4-6,11-15H2,1-3H3. The molecule has 1 saturated heterocycles. The van der Waals surface area contributed by atoms with E-state index in [0.717, 1.165) is 31.4 Å².